The lowest BCUT2D eigenvalue weighted by Gasteiger charge is -2.09. The Balaban J connectivity index is 2.99. The van der Waals surface area contributed by atoms with E-state index in [9.17, 15) is 8.42 Å². The zero-order chi connectivity index (χ0) is 9.90. The van der Waals surface area contributed by atoms with Crippen LogP contribution in [0.4, 0.5) is 0 Å². The first-order chi connectivity index (χ1) is 6.08. The van der Waals surface area contributed by atoms with E-state index < -0.39 is 15.3 Å². The predicted molar refractivity (Wildman–Crippen MR) is 48.4 cm³/mol. The summed E-state index contributed by atoms with van der Waals surface area (Å²) in [5.74, 6) is 0. The van der Waals surface area contributed by atoms with Gasteiger partial charge in [0.05, 0.1) is 5.69 Å². The van der Waals surface area contributed by atoms with Gasteiger partial charge in [-0.1, -0.05) is 0 Å². The number of rotatable bonds is 3. The van der Waals surface area contributed by atoms with E-state index in [1.807, 2.05) is 0 Å². The van der Waals surface area contributed by atoms with Crippen molar-refractivity contribution in [2.45, 2.75) is 12.2 Å². The summed E-state index contributed by atoms with van der Waals surface area (Å²) in [6.07, 6.45) is 4.42. The molecule has 0 radical (unpaired) electrons. The molecule has 0 aromatic carbocycles. The first-order valence-corrected chi connectivity index (χ1v) is 5.31. The monoisotopic (exact) mass is 201 g/mol. The minimum absolute atomic E-state index is 0.442. The molecule has 1 aromatic rings. The van der Waals surface area contributed by atoms with E-state index >= 15 is 0 Å². The lowest BCUT2D eigenvalue weighted by molar-refractivity contribution is 0.576. The van der Waals surface area contributed by atoms with Crippen LogP contribution in [0.25, 0.3) is 0 Å². The van der Waals surface area contributed by atoms with Crippen molar-refractivity contribution in [2.24, 2.45) is 0 Å². The van der Waals surface area contributed by atoms with Crippen LogP contribution in [0.15, 0.2) is 18.6 Å². The second kappa shape index (κ2) is 3.80. The van der Waals surface area contributed by atoms with Crippen LogP contribution in [0.1, 0.15) is 17.9 Å². The van der Waals surface area contributed by atoms with Crippen molar-refractivity contribution in [1.29, 1.82) is 0 Å². The lowest BCUT2D eigenvalue weighted by atomic mass is 10.3. The fourth-order valence-electron chi connectivity index (χ4n) is 0.856. The molecule has 0 aliphatic rings. The third kappa shape index (κ3) is 2.22. The highest BCUT2D eigenvalue weighted by molar-refractivity contribution is 7.89. The van der Waals surface area contributed by atoms with Gasteiger partial charge in [-0.05, 0) is 14.0 Å². The fraction of sp³-hybridized carbons (Fsp3) is 0.429. The molecule has 1 rings (SSSR count). The van der Waals surface area contributed by atoms with Crippen LogP contribution >= 0.6 is 0 Å². The van der Waals surface area contributed by atoms with Crippen molar-refractivity contribution in [3.63, 3.8) is 0 Å². The van der Waals surface area contributed by atoms with Crippen LogP contribution in [0.3, 0.4) is 0 Å². The minimum atomic E-state index is -3.30. The maximum absolute atomic E-state index is 11.3. The number of hydrogen-bond acceptors (Lipinski definition) is 4. The second-order valence-electron chi connectivity index (χ2n) is 2.52. The smallest absolute Gasteiger partial charge is 0.219 e. The quantitative estimate of drug-likeness (QED) is 0.752. The van der Waals surface area contributed by atoms with Gasteiger partial charge in [0.2, 0.25) is 10.0 Å². The van der Waals surface area contributed by atoms with Crippen molar-refractivity contribution >= 4 is 10.0 Å². The molecule has 0 saturated heterocycles. The van der Waals surface area contributed by atoms with E-state index in [1.54, 1.807) is 6.92 Å². The molecular weight excluding hydrogens is 190 g/mol. The van der Waals surface area contributed by atoms with Gasteiger partial charge in [0.25, 0.3) is 0 Å². The van der Waals surface area contributed by atoms with E-state index in [1.165, 1.54) is 25.6 Å². The molecule has 0 bridgehead atoms. The van der Waals surface area contributed by atoms with Gasteiger partial charge in [0.15, 0.2) is 0 Å². The van der Waals surface area contributed by atoms with Crippen LogP contribution in [0.5, 0.6) is 0 Å². The van der Waals surface area contributed by atoms with Gasteiger partial charge < -0.3 is 0 Å². The van der Waals surface area contributed by atoms with E-state index in [0.29, 0.717) is 5.69 Å². The molecule has 1 unspecified atom stereocenters. The number of nitrogens with one attached hydrogen (secondary N) is 1. The highest BCUT2D eigenvalue weighted by Crippen LogP contribution is 2.16. The topological polar surface area (TPSA) is 72.0 Å². The van der Waals surface area contributed by atoms with E-state index in [4.69, 9.17) is 0 Å². The standard InChI is InChI=1S/C7H11N3O2S/c1-6(13(11,12)8-2)7-5-9-3-4-10-7/h3-6,8H,1-2H3. The number of aromatic nitrogens is 2. The lowest BCUT2D eigenvalue weighted by Crippen LogP contribution is -2.24. The summed E-state index contributed by atoms with van der Waals surface area (Å²) in [7, 11) is -1.93. The minimum Gasteiger partial charge on any atom is -0.261 e. The summed E-state index contributed by atoms with van der Waals surface area (Å²) in [5.41, 5.74) is 0.442. The highest BCUT2D eigenvalue weighted by Gasteiger charge is 2.21. The van der Waals surface area contributed by atoms with Crippen molar-refractivity contribution in [3.05, 3.63) is 24.3 Å². The van der Waals surface area contributed by atoms with Gasteiger partial charge in [-0.3, -0.25) is 9.97 Å². The highest BCUT2D eigenvalue weighted by atomic mass is 32.2. The molecule has 1 atom stereocenters. The maximum Gasteiger partial charge on any atom is 0.219 e. The molecule has 0 fully saturated rings. The molecule has 13 heavy (non-hydrogen) atoms. The molecule has 0 saturated carbocycles. The summed E-state index contributed by atoms with van der Waals surface area (Å²) in [5, 5.41) is -0.675. The molecular formula is C7H11N3O2S. The molecule has 0 spiro atoms. The van der Waals surface area contributed by atoms with Crippen molar-refractivity contribution < 1.29 is 8.42 Å². The van der Waals surface area contributed by atoms with E-state index in [2.05, 4.69) is 14.7 Å². The Morgan fingerprint density at radius 1 is 1.46 bits per heavy atom. The predicted octanol–water partition coefficient (Wildman–Crippen LogP) is 0.0868. The second-order valence-corrected chi connectivity index (χ2v) is 4.73. The van der Waals surface area contributed by atoms with Gasteiger partial charge in [-0.25, -0.2) is 13.1 Å². The van der Waals surface area contributed by atoms with Crippen molar-refractivity contribution in [1.82, 2.24) is 14.7 Å². The van der Waals surface area contributed by atoms with Crippen LogP contribution in [-0.2, 0) is 10.0 Å². The fourth-order valence-corrected chi connectivity index (χ4v) is 1.65. The zero-order valence-electron chi connectivity index (χ0n) is 7.43. The maximum atomic E-state index is 11.3. The summed E-state index contributed by atoms with van der Waals surface area (Å²) in [4.78, 5) is 7.71. The number of nitrogens with zero attached hydrogens (tertiary/aromatic N) is 2. The molecule has 6 heteroatoms. The number of sulfonamides is 1. The SMILES string of the molecule is CNS(=O)(=O)C(C)c1cnccn1. The Kier molecular flexibility index (Phi) is 2.94. The van der Waals surface area contributed by atoms with E-state index in [0.717, 1.165) is 0 Å². The molecule has 1 heterocycles. The average molecular weight is 201 g/mol. The normalized spacial score (nSPS) is 14.0. The molecule has 1 N–H and O–H groups in total. The van der Waals surface area contributed by atoms with Gasteiger partial charge >= 0.3 is 0 Å². The number of hydrogen-bond donors (Lipinski definition) is 1. The summed E-state index contributed by atoms with van der Waals surface area (Å²) >= 11 is 0. The Bertz CT molecular complexity index is 363. The largest absolute Gasteiger partial charge is 0.261 e. The molecule has 0 aliphatic carbocycles. The van der Waals surface area contributed by atoms with E-state index in [-0.39, 0.29) is 0 Å². The summed E-state index contributed by atoms with van der Waals surface area (Å²) in [6.45, 7) is 1.57. The van der Waals surface area contributed by atoms with Gasteiger partial charge in [-0.2, -0.15) is 0 Å². The molecule has 0 amide bonds. The van der Waals surface area contributed by atoms with Crippen LogP contribution < -0.4 is 4.72 Å². The zero-order valence-corrected chi connectivity index (χ0v) is 8.25. The van der Waals surface area contributed by atoms with Gasteiger partial charge in [0, 0.05) is 18.6 Å². The third-order valence-electron chi connectivity index (χ3n) is 1.75. The van der Waals surface area contributed by atoms with Crippen molar-refractivity contribution in [2.75, 3.05) is 7.05 Å². The van der Waals surface area contributed by atoms with Gasteiger partial charge in [0.1, 0.15) is 5.25 Å². The first kappa shape index (κ1) is 10.1. The third-order valence-corrected chi connectivity index (χ3v) is 3.49. The molecule has 0 aliphatic heterocycles. The molecule has 72 valence electrons. The Labute approximate surface area is 77.3 Å². The average Bonchev–Trinajstić information content (AvgIpc) is 2.18. The summed E-state index contributed by atoms with van der Waals surface area (Å²) < 4.78 is 24.9. The van der Waals surface area contributed by atoms with Crippen LogP contribution in [0, 0.1) is 0 Å². The molecule has 5 nitrogen and oxygen atoms in total. The Morgan fingerprint density at radius 3 is 2.62 bits per heavy atom. The first-order valence-electron chi connectivity index (χ1n) is 3.76. The van der Waals surface area contributed by atoms with Crippen LogP contribution in [-0.4, -0.2) is 25.4 Å². The Morgan fingerprint density at radius 2 is 2.15 bits per heavy atom. The Hall–Kier alpha value is -1.01. The summed E-state index contributed by atoms with van der Waals surface area (Å²) in [6, 6.07) is 0. The van der Waals surface area contributed by atoms with Gasteiger partial charge in [-0.15, -0.1) is 0 Å². The molecule has 1 aromatic heterocycles. The van der Waals surface area contributed by atoms with Crippen LogP contribution in [0.2, 0.25) is 0 Å². The van der Waals surface area contributed by atoms with Crippen molar-refractivity contribution in [3.8, 4) is 0 Å².